The van der Waals surface area contributed by atoms with Crippen LogP contribution < -0.4 is 0 Å². The van der Waals surface area contributed by atoms with Crippen molar-refractivity contribution in [3.63, 3.8) is 0 Å². The number of aryl methyl sites for hydroxylation is 1. The molecule has 1 unspecified atom stereocenters. The van der Waals surface area contributed by atoms with Crippen LogP contribution in [-0.2, 0) is 16.0 Å². The van der Waals surface area contributed by atoms with Crippen molar-refractivity contribution in [1.82, 2.24) is 4.98 Å². The Balaban J connectivity index is 2.02. The van der Waals surface area contributed by atoms with E-state index in [0.29, 0.717) is 13.0 Å². The molecule has 1 aliphatic heterocycles. The second-order valence-corrected chi connectivity index (χ2v) is 3.97. The van der Waals surface area contributed by atoms with E-state index in [4.69, 9.17) is 4.74 Å². The standard InChI is InChI=1S/C12H15NO2/c1-9-3-2-5-13-11(9)7-12(14)10-4-6-15-8-10/h2-3,5,10H,4,6-8H2,1H3. The van der Waals surface area contributed by atoms with E-state index in [2.05, 4.69) is 4.98 Å². The van der Waals surface area contributed by atoms with Crippen LogP contribution >= 0.6 is 0 Å². The molecule has 0 amide bonds. The average Bonchev–Trinajstić information content (AvgIpc) is 2.74. The number of ketones is 1. The predicted octanol–water partition coefficient (Wildman–Crippen LogP) is 1.54. The van der Waals surface area contributed by atoms with Gasteiger partial charge >= 0.3 is 0 Å². The van der Waals surface area contributed by atoms with Crippen molar-refractivity contribution in [3.8, 4) is 0 Å². The molecule has 80 valence electrons. The number of pyridine rings is 1. The molecule has 0 aliphatic carbocycles. The van der Waals surface area contributed by atoms with Gasteiger partial charge in [0.05, 0.1) is 12.3 Å². The Morgan fingerprint density at radius 1 is 1.67 bits per heavy atom. The second kappa shape index (κ2) is 4.53. The molecule has 0 aromatic carbocycles. The predicted molar refractivity (Wildman–Crippen MR) is 56.6 cm³/mol. The number of Topliss-reactive ketones (excluding diaryl/α,β-unsaturated/α-hetero) is 1. The first-order valence-electron chi connectivity index (χ1n) is 5.28. The summed E-state index contributed by atoms with van der Waals surface area (Å²) in [6.45, 7) is 3.29. The number of carbonyl (C=O) groups excluding carboxylic acids is 1. The molecule has 0 spiro atoms. The highest BCUT2D eigenvalue weighted by Gasteiger charge is 2.23. The molecule has 2 heterocycles. The summed E-state index contributed by atoms with van der Waals surface area (Å²) in [5, 5.41) is 0. The van der Waals surface area contributed by atoms with Gasteiger partial charge in [-0.05, 0) is 25.0 Å². The van der Waals surface area contributed by atoms with Gasteiger partial charge in [0.15, 0.2) is 0 Å². The molecule has 0 radical (unpaired) electrons. The van der Waals surface area contributed by atoms with Gasteiger partial charge in [-0.2, -0.15) is 0 Å². The molecule has 0 N–H and O–H groups in total. The third-order valence-corrected chi connectivity index (χ3v) is 2.84. The normalized spacial score (nSPS) is 20.5. The molecule has 0 saturated carbocycles. The van der Waals surface area contributed by atoms with Gasteiger partial charge in [-0.1, -0.05) is 6.07 Å². The Labute approximate surface area is 89.5 Å². The summed E-state index contributed by atoms with van der Waals surface area (Å²) in [5.41, 5.74) is 1.99. The first-order chi connectivity index (χ1) is 7.27. The maximum atomic E-state index is 11.8. The molecule has 1 fully saturated rings. The lowest BCUT2D eigenvalue weighted by Crippen LogP contribution is -2.17. The van der Waals surface area contributed by atoms with Gasteiger partial charge in [0.2, 0.25) is 0 Å². The smallest absolute Gasteiger partial charge is 0.144 e. The maximum Gasteiger partial charge on any atom is 0.144 e. The lowest BCUT2D eigenvalue weighted by atomic mass is 9.98. The molecular formula is C12H15NO2. The number of rotatable bonds is 3. The molecule has 3 nitrogen and oxygen atoms in total. The SMILES string of the molecule is Cc1cccnc1CC(=O)C1CCOC1. The minimum Gasteiger partial charge on any atom is -0.381 e. The van der Waals surface area contributed by atoms with E-state index in [0.717, 1.165) is 24.3 Å². The summed E-state index contributed by atoms with van der Waals surface area (Å²) < 4.78 is 5.20. The first kappa shape index (κ1) is 10.3. The topological polar surface area (TPSA) is 39.2 Å². The summed E-state index contributed by atoms with van der Waals surface area (Å²) in [7, 11) is 0. The van der Waals surface area contributed by atoms with E-state index in [1.54, 1.807) is 6.20 Å². The number of hydrogen-bond acceptors (Lipinski definition) is 3. The molecule has 1 atom stereocenters. The van der Waals surface area contributed by atoms with Crippen LogP contribution in [0.15, 0.2) is 18.3 Å². The summed E-state index contributed by atoms with van der Waals surface area (Å²) in [4.78, 5) is 16.1. The van der Waals surface area contributed by atoms with Crippen molar-refractivity contribution in [2.24, 2.45) is 5.92 Å². The van der Waals surface area contributed by atoms with Crippen LogP contribution in [0.2, 0.25) is 0 Å². The highest BCUT2D eigenvalue weighted by Crippen LogP contribution is 2.16. The van der Waals surface area contributed by atoms with Crippen molar-refractivity contribution in [2.45, 2.75) is 19.8 Å². The van der Waals surface area contributed by atoms with Crippen LogP contribution in [0.25, 0.3) is 0 Å². The Bertz CT molecular complexity index is 356. The third-order valence-electron chi connectivity index (χ3n) is 2.84. The third kappa shape index (κ3) is 2.42. The van der Waals surface area contributed by atoms with Gasteiger partial charge in [-0.25, -0.2) is 0 Å². The minimum atomic E-state index is 0.0893. The second-order valence-electron chi connectivity index (χ2n) is 3.97. The van der Waals surface area contributed by atoms with Crippen molar-refractivity contribution < 1.29 is 9.53 Å². The van der Waals surface area contributed by atoms with Crippen molar-refractivity contribution in [1.29, 1.82) is 0 Å². The molecule has 1 saturated heterocycles. The van der Waals surface area contributed by atoms with Gasteiger partial charge in [0.1, 0.15) is 5.78 Å². The quantitative estimate of drug-likeness (QED) is 0.751. The molecular weight excluding hydrogens is 190 g/mol. The van der Waals surface area contributed by atoms with E-state index in [1.165, 1.54) is 0 Å². The first-order valence-corrected chi connectivity index (χ1v) is 5.28. The van der Waals surface area contributed by atoms with E-state index >= 15 is 0 Å². The fraction of sp³-hybridized carbons (Fsp3) is 0.500. The molecule has 1 aromatic heterocycles. The Hall–Kier alpha value is -1.22. The van der Waals surface area contributed by atoms with Crippen LogP contribution in [0.5, 0.6) is 0 Å². The Kier molecular flexibility index (Phi) is 3.11. The molecule has 0 bridgehead atoms. The maximum absolute atomic E-state index is 11.8. The van der Waals surface area contributed by atoms with Crippen LogP contribution in [0.1, 0.15) is 17.7 Å². The number of hydrogen-bond donors (Lipinski definition) is 0. The van der Waals surface area contributed by atoms with E-state index < -0.39 is 0 Å². The van der Waals surface area contributed by atoms with E-state index in [1.807, 2.05) is 19.1 Å². The molecule has 2 rings (SSSR count). The minimum absolute atomic E-state index is 0.0893. The van der Waals surface area contributed by atoms with Crippen LogP contribution in [0.3, 0.4) is 0 Å². The number of carbonyl (C=O) groups is 1. The van der Waals surface area contributed by atoms with Crippen molar-refractivity contribution in [3.05, 3.63) is 29.6 Å². The van der Waals surface area contributed by atoms with Crippen molar-refractivity contribution >= 4 is 5.78 Å². The molecule has 3 heteroatoms. The van der Waals surface area contributed by atoms with Gasteiger partial charge in [-0.15, -0.1) is 0 Å². The number of aromatic nitrogens is 1. The number of nitrogens with zero attached hydrogens (tertiary/aromatic N) is 1. The van der Waals surface area contributed by atoms with E-state index in [9.17, 15) is 4.79 Å². The lowest BCUT2D eigenvalue weighted by Gasteiger charge is -2.07. The summed E-state index contributed by atoms with van der Waals surface area (Å²) in [5.74, 6) is 0.348. The lowest BCUT2D eigenvalue weighted by molar-refractivity contribution is -0.122. The summed E-state index contributed by atoms with van der Waals surface area (Å²) in [6.07, 6.45) is 3.05. The number of ether oxygens (including phenoxy) is 1. The molecule has 15 heavy (non-hydrogen) atoms. The summed E-state index contributed by atoms with van der Waals surface area (Å²) in [6, 6.07) is 3.88. The fourth-order valence-corrected chi connectivity index (χ4v) is 1.80. The Morgan fingerprint density at radius 2 is 2.53 bits per heavy atom. The highest BCUT2D eigenvalue weighted by atomic mass is 16.5. The monoisotopic (exact) mass is 205 g/mol. The zero-order valence-corrected chi connectivity index (χ0v) is 8.90. The van der Waals surface area contributed by atoms with Crippen LogP contribution in [-0.4, -0.2) is 24.0 Å². The molecule has 1 aliphatic rings. The van der Waals surface area contributed by atoms with Gasteiger partial charge in [0, 0.05) is 25.1 Å². The van der Waals surface area contributed by atoms with Crippen LogP contribution in [0, 0.1) is 12.8 Å². The van der Waals surface area contributed by atoms with E-state index in [-0.39, 0.29) is 11.7 Å². The van der Waals surface area contributed by atoms with Crippen molar-refractivity contribution in [2.75, 3.05) is 13.2 Å². The highest BCUT2D eigenvalue weighted by molar-refractivity contribution is 5.83. The zero-order chi connectivity index (χ0) is 10.7. The van der Waals surface area contributed by atoms with Gasteiger partial charge in [0.25, 0.3) is 0 Å². The van der Waals surface area contributed by atoms with Gasteiger partial charge in [-0.3, -0.25) is 9.78 Å². The largest absolute Gasteiger partial charge is 0.381 e. The Morgan fingerprint density at radius 3 is 3.20 bits per heavy atom. The molecule has 1 aromatic rings. The van der Waals surface area contributed by atoms with Gasteiger partial charge < -0.3 is 4.74 Å². The summed E-state index contributed by atoms with van der Waals surface area (Å²) >= 11 is 0. The van der Waals surface area contributed by atoms with Crippen LogP contribution in [0.4, 0.5) is 0 Å². The fourth-order valence-electron chi connectivity index (χ4n) is 1.80. The zero-order valence-electron chi connectivity index (χ0n) is 8.90. The average molecular weight is 205 g/mol.